The van der Waals surface area contributed by atoms with Crippen molar-refractivity contribution in [2.45, 2.75) is 52.3 Å². The number of carbonyl (C=O) groups excluding carboxylic acids is 2. The standard InChI is InChI=1S/C22H37N3O5/c1-8-25(9-2)19(16-11-10-12-17(13-16)29-7)14-23-20(26)18(15-28-6)24-21(27)30-22(3,4)5/h10-13,18-19H,8-9,14-15H2,1-7H3,(H,23,26)(H,24,27)/t18-,19-/m1/s1. The second-order valence-corrected chi connectivity index (χ2v) is 7.91. The summed E-state index contributed by atoms with van der Waals surface area (Å²) in [5.41, 5.74) is 0.389. The van der Waals surface area contributed by atoms with Crippen LogP contribution in [0.5, 0.6) is 5.75 Å². The van der Waals surface area contributed by atoms with Gasteiger partial charge in [0.1, 0.15) is 17.4 Å². The zero-order valence-corrected chi connectivity index (χ0v) is 19.3. The molecule has 1 rings (SSSR count). The van der Waals surface area contributed by atoms with Crippen molar-refractivity contribution in [3.05, 3.63) is 29.8 Å². The Morgan fingerprint density at radius 1 is 1.13 bits per heavy atom. The van der Waals surface area contributed by atoms with Gasteiger partial charge in [-0.3, -0.25) is 9.69 Å². The maximum atomic E-state index is 12.8. The van der Waals surface area contributed by atoms with Crippen molar-refractivity contribution in [2.75, 3.05) is 40.5 Å². The Balaban J connectivity index is 2.90. The van der Waals surface area contributed by atoms with Crippen LogP contribution in [0.15, 0.2) is 24.3 Å². The number of nitrogens with zero attached hydrogens (tertiary/aromatic N) is 1. The Morgan fingerprint density at radius 2 is 1.80 bits per heavy atom. The number of likely N-dealkylation sites (N-methyl/N-ethyl adjacent to an activating group) is 1. The second-order valence-electron chi connectivity index (χ2n) is 7.91. The number of nitrogens with one attached hydrogen (secondary N) is 2. The molecular weight excluding hydrogens is 386 g/mol. The molecule has 0 saturated heterocycles. The average Bonchev–Trinajstić information content (AvgIpc) is 2.69. The SMILES string of the molecule is CCN(CC)[C@H](CNC(=O)[C@@H](COC)NC(=O)OC(C)(C)C)c1cccc(OC)c1. The summed E-state index contributed by atoms with van der Waals surface area (Å²) in [6.07, 6.45) is -0.659. The maximum absolute atomic E-state index is 12.8. The van der Waals surface area contributed by atoms with Gasteiger partial charge >= 0.3 is 6.09 Å². The third-order valence-electron chi connectivity index (χ3n) is 4.54. The summed E-state index contributed by atoms with van der Waals surface area (Å²) in [4.78, 5) is 27.1. The molecule has 8 heteroatoms. The highest BCUT2D eigenvalue weighted by Gasteiger charge is 2.26. The van der Waals surface area contributed by atoms with Crippen molar-refractivity contribution >= 4 is 12.0 Å². The molecule has 2 amide bonds. The summed E-state index contributed by atoms with van der Waals surface area (Å²) in [5, 5.41) is 5.53. The Kier molecular flexibility index (Phi) is 10.6. The number of amides is 2. The Hall–Kier alpha value is -2.32. The van der Waals surface area contributed by atoms with Crippen molar-refractivity contribution < 1.29 is 23.8 Å². The predicted octanol–water partition coefficient (Wildman–Crippen LogP) is 2.73. The van der Waals surface area contributed by atoms with Gasteiger partial charge in [-0.1, -0.05) is 26.0 Å². The molecule has 0 fully saturated rings. The van der Waals surface area contributed by atoms with E-state index in [1.165, 1.54) is 7.11 Å². The first-order valence-corrected chi connectivity index (χ1v) is 10.3. The van der Waals surface area contributed by atoms with Gasteiger partial charge in [0, 0.05) is 13.7 Å². The summed E-state index contributed by atoms with van der Waals surface area (Å²) >= 11 is 0. The summed E-state index contributed by atoms with van der Waals surface area (Å²) in [6.45, 7) is 11.5. The molecule has 8 nitrogen and oxygen atoms in total. The van der Waals surface area contributed by atoms with Gasteiger partial charge in [0.2, 0.25) is 5.91 Å². The van der Waals surface area contributed by atoms with Crippen LogP contribution in [0.25, 0.3) is 0 Å². The van der Waals surface area contributed by atoms with E-state index in [4.69, 9.17) is 14.2 Å². The lowest BCUT2D eigenvalue weighted by Gasteiger charge is -2.31. The normalized spacial score (nSPS) is 13.5. The van der Waals surface area contributed by atoms with E-state index in [-0.39, 0.29) is 18.6 Å². The first-order valence-electron chi connectivity index (χ1n) is 10.3. The van der Waals surface area contributed by atoms with Crippen molar-refractivity contribution in [1.82, 2.24) is 15.5 Å². The van der Waals surface area contributed by atoms with Crippen molar-refractivity contribution in [3.8, 4) is 5.75 Å². The number of ether oxygens (including phenoxy) is 3. The molecule has 170 valence electrons. The van der Waals surface area contributed by atoms with Gasteiger partial charge in [-0.15, -0.1) is 0 Å². The van der Waals surface area contributed by atoms with Crippen LogP contribution in [-0.2, 0) is 14.3 Å². The first-order chi connectivity index (χ1) is 14.1. The molecule has 0 aliphatic heterocycles. The fourth-order valence-electron chi connectivity index (χ4n) is 3.09. The van der Waals surface area contributed by atoms with E-state index in [0.717, 1.165) is 24.4 Å². The Labute approximate surface area is 180 Å². The quantitative estimate of drug-likeness (QED) is 0.569. The molecule has 1 aromatic carbocycles. The Bertz CT molecular complexity index is 671. The van der Waals surface area contributed by atoms with Crippen molar-refractivity contribution in [1.29, 1.82) is 0 Å². The average molecular weight is 424 g/mol. The van der Waals surface area contributed by atoms with Gasteiger partial charge in [-0.05, 0) is 51.6 Å². The second kappa shape index (κ2) is 12.4. The van der Waals surface area contributed by atoms with Crippen LogP contribution in [0.4, 0.5) is 4.79 Å². The summed E-state index contributed by atoms with van der Waals surface area (Å²) in [5.74, 6) is 0.433. The van der Waals surface area contributed by atoms with Crippen LogP contribution in [-0.4, -0.2) is 69.0 Å². The molecule has 2 atom stereocenters. The lowest BCUT2D eigenvalue weighted by Crippen LogP contribution is -2.51. The van der Waals surface area contributed by atoms with Gasteiger partial charge in [0.15, 0.2) is 0 Å². The minimum Gasteiger partial charge on any atom is -0.497 e. The maximum Gasteiger partial charge on any atom is 0.408 e. The van der Waals surface area contributed by atoms with Gasteiger partial charge in [0.25, 0.3) is 0 Å². The predicted molar refractivity (Wildman–Crippen MR) is 117 cm³/mol. The highest BCUT2D eigenvalue weighted by Crippen LogP contribution is 2.23. The molecule has 0 bridgehead atoms. The summed E-state index contributed by atoms with van der Waals surface area (Å²) in [7, 11) is 3.11. The fourth-order valence-corrected chi connectivity index (χ4v) is 3.09. The van der Waals surface area contributed by atoms with E-state index >= 15 is 0 Å². The largest absolute Gasteiger partial charge is 0.497 e. The number of carbonyl (C=O) groups is 2. The molecule has 0 heterocycles. The van der Waals surface area contributed by atoms with Crippen LogP contribution in [0.1, 0.15) is 46.2 Å². The smallest absolute Gasteiger partial charge is 0.408 e. The van der Waals surface area contributed by atoms with Crippen molar-refractivity contribution in [3.63, 3.8) is 0 Å². The fraction of sp³-hybridized carbons (Fsp3) is 0.636. The number of alkyl carbamates (subject to hydrolysis) is 1. The highest BCUT2D eigenvalue weighted by atomic mass is 16.6. The van der Waals surface area contributed by atoms with Gasteiger partial charge in [-0.2, -0.15) is 0 Å². The molecule has 1 aromatic rings. The van der Waals surface area contributed by atoms with E-state index in [2.05, 4.69) is 29.4 Å². The number of rotatable bonds is 11. The van der Waals surface area contributed by atoms with Crippen LogP contribution in [0.3, 0.4) is 0 Å². The third kappa shape index (κ3) is 8.59. The minimum absolute atomic E-state index is 0.0382. The van der Waals surface area contributed by atoms with Gasteiger partial charge in [-0.25, -0.2) is 4.79 Å². The first kappa shape index (κ1) is 25.7. The molecule has 0 aliphatic carbocycles. The van der Waals surface area contributed by atoms with E-state index < -0.39 is 17.7 Å². The lowest BCUT2D eigenvalue weighted by molar-refractivity contribution is -0.124. The third-order valence-corrected chi connectivity index (χ3v) is 4.54. The lowest BCUT2D eigenvalue weighted by atomic mass is 10.0. The highest BCUT2D eigenvalue weighted by molar-refractivity contribution is 5.85. The van der Waals surface area contributed by atoms with Crippen LogP contribution in [0.2, 0.25) is 0 Å². The number of hydrogen-bond acceptors (Lipinski definition) is 6. The van der Waals surface area contributed by atoms with Crippen LogP contribution < -0.4 is 15.4 Å². The molecule has 0 aliphatic rings. The minimum atomic E-state index is -0.854. The molecule has 0 unspecified atom stereocenters. The van der Waals surface area contributed by atoms with Gasteiger partial charge < -0.3 is 24.8 Å². The van der Waals surface area contributed by atoms with Crippen molar-refractivity contribution in [2.24, 2.45) is 0 Å². The molecule has 0 radical (unpaired) electrons. The number of hydrogen-bond donors (Lipinski definition) is 2. The molecule has 0 saturated carbocycles. The number of benzene rings is 1. The van der Waals surface area contributed by atoms with Crippen LogP contribution in [0, 0.1) is 0 Å². The molecule has 0 spiro atoms. The topological polar surface area (TPSA) is 89.1 Å². The van der Waals surface area contributed by atoms with E-state index in [0.29, 0.717) is 6.54 Å². The monoisotopic (exact) mass is 423 g/mol. The molecular formula is C22H37N3O5. The zero-order valence-electron chi connectivity index (χ0n) is 19.3. The number of methoxy groups -OCH3 is 2. The van der Waals surface area contributed by atoms with Gasteiger partial charge in [0.05, 0.1) is 19.8 Å². The van der Waals surface area contributed by atoms with E-state index in [9.17, 15) is 9.59 Å². The zero-order chi connectivity index (χ0) is 22.7. The Morgan fingerprint density at radius 3 is 2.33 bits per heavy atom. The molecule has 2 N–H and O–H groups in total. The van der Waals surface area contributed by atoms with Crippen LogP contribution >= 0.6 is 0 Å². The van der Waals surface area contributed by atoms with E-state index in [1.54, 1.807) is 27.9 Å². The molecule has 0 aromatic heterocycles. The summed E-state index contributed by atoms with van der Waals surface area (Å²) in [6, 6.07) is 6.92. The van der Waals surface area contributed by atoms with E-state index in [1.807, 2.05) is 24.3 Å². The molecule has 30 heavy (non-hydrogen) atoms. The summed E-state index contributed by atoms with van der Waals surface area (Å²) < 4.78 is 15.7.